The van der Waals surface area contributed by atoms with Gasteiger partial charge in [0.25, 0.3) is 5.91 Å². The van der Waals surface area contributed by atoms with E-state index in [-0.39, 0.29) is 12.0 Å². The number of H-pyrrole nitrogens is 1. The van der Waals surface area contributed by atoms with Gasteiger partial charge >= 0.3 is 6.09 Å². The summed E-state index contributed by atoms with van der Waals surface area (Å²) in [6, 6.07) is 13.2. The first-order valence-electron chi connectivity index (χ1n) is 10.1. The number of nitrogens with zero attached hydrogens (tertiary/aromatic N) is 3. The van der Waals surface area contributed by atoms with E-state index in [4.69, 9.17) is 4.74 Å². The SMILES string of the molecule is CN(C)CCNC(=O)c1cccc(C=Cc2n[nH]c3ccc(N4CCOC4=O)cc23)c1. The minimum atomic E-state index is -0.333. The highest BCUT2D eigenvalue weighted by Crippen LogP contribution is 2.26. The predicted molar refractivity (Wildman–Crippen MR) is 121 cm³/mol. The average Bonchev–Trinajstić information content (AvgIpc) is 3.37. The lowest BCUT2D eigenvalue weighted by molar-refractivity contribution is 0.0951. The van der Waals surface area contributed by atoms with E-state index in [1.807, 2.05) is 67.5 Å². The Balaban J connectivity index is 1.52. The number of ether oxygens (including phenoxy) is 1. The summed E-state index contributed by atoms with van der Waals surface area (Å²) in [5.74, 6) is -0.0931. The molecule has 2 aromatic carbocycles. The van der Waals surface area contributed by atoms with Gasteiger partial charge in [-0.2, -0.15) is 5.10 Å². The molecule has 0 saturated carbocycles. The summed E-state index contributed by atoms with van der Waals surface area (Å²) >= 11 is 0. The fraction of sp³-hybridized carbons (Fsp3) is 0.261. The number of amides is 2. The number of rotatable bonds is 7. The number of carbonyl (C=O) groups excluding carboxylic acids is 2. The quantitative estimate of drug-likeness (QED) is 0.614. The zero-order valence-electron chi connectivity index (χ0n) is 17.6. The molecule has 0 spiro atoms. The second kappa shape index (κ2) is 9.01. The Morgan fingerprint density at radius 1 is 1.26 bits per heavy atom. The van der Waals surface area contributed by atoms with Crippen molar-refractivity contribution in [1.82, 2.24) is 20.4 Å². The van der Waals surface area contributed by atoms with Crippen LogP contribution in [0.25, 0.3) is 23.1 Å². The van der Waals surface area contributed by atoms with Gasteiger partial charge in [0.15, 0.2) is 0 Å². The van der Waals surface area contributed by atoms with Gasteiger partial charge in [0.05, 0.1) is 17.8 Å². The molecule has 1 aromatic heterocycles. The van der Waals surface area contributed by atoms with Crippen LogP contribution in [0.3, 0.4) is 0 Å². The number of hydrogen-bond donors (Lipinski definition) is 2. The van der Waals surface area contributed by atoms with Gasteiger partial charge in [-0.15, -0.1) is 0 Å². The van der Waals surface area contributed by atoms with Crippen LogP contribution in [0.15, 0.2) is 42.5 Å². The van der Waals surface area contributed by atoms with Crippen molar-refractivity contribution in [3.05, 3.63) is 59.3 Å². The minimum absolute atomic E-state index is 0.0931. The minimum Gasteiger partial charge on any atom is -0.447 e. The van der Waals surface area contributed by atoms with E-state index in [0.717, 1.165) is 34.4 Å². The van der Waals surface area contributed by atoms with E-state index in [1.165, 1.54) is 0 Å². The Morgan fingerprint density at radius 2 is 2.13 bits per heavy atom. The van der Waals surface area contributed by atoms with Gasteiger partial charge in [0, 0.05) is 29.7 Å². The fourth-order valence-electron chi connectivity index (χ4n) is 3.40. The van der Waals surface area contributed by atoms with Crippen LogP contribution >= 0.6 is 0 Å². The number of likely N-dealkylation sites (N-methyl/N-ethyl adjacent to an activating group) is 1. The summed E-state index contributed by atoms with van der Waals surface area (Å²) in [6.07, 6.45) is 3.48. The van der Waals surface area contributed by atoms with Gasteiger partial charge in [0.1, 0.15) is 6.61 Å². The first-order valence-corrected chi connectivity index (χ1v) is 10.1. The van der Waals surface area contributed by atoms with E-state index >= 15 is 0 Å². The zero-order chi connectivity index (χ0) is 21.8. The molecule has 0 radical (unpaired) electrons. The molecule has 0 bridgehead atoms. The Kier molecular flexibility index (Phi) is 5.99. The highest BCUT2D eigenvalue weighted by Gasteiger charge is 2.24. The van der Waals surface area contributed by atoms with Gasteiger partial charge in [-0.25, -0.2) is 4.79 Å². The summed E-state index contributed by atoms with van der Waals surface area (Å²) in [5, 5.41) is 11.2. The zero-order valence-corrected chi connectivity index (χ0v) is 17.6. The first-order chi connectivity index (χ1) is 15.0. The van der Waals surface area contributed by atoms with Crippen LogP contribution in [0.5, 0.6) is 0 Å². The molecule has 2 heterocycles. The topological polar surface area (TPSA) is 90.6 Å². The number of benzene rings is 2. The Morgan fingerprint density at radius 3 is 2.90 bits per heavy atom. The van der Waals surface area contributed by atoms with Crippen LogP contribution in [0.1, 0.15) is 21.6 Å². The molecule has 1 fully saturated rings. The maximum atomic E-state index is 12.4. The molecule has 31 heavy (non-hydrogen) atoms. The second-order valence-electron chi connectivity index (χ2n) is 7.62. The van der Waals surface area contributed by atoms with Crippen molar-refractivity contribution < 1.29 is 14.3 Å². The molecule has 1 aliphatic heterocycles. The van der Waals surface area contributed by atoms with Gasteiger partial charge in [-0.3, -0.25) is 14.8 Å². The molecular formula is C23H25N5O3. The Bertz CT molecular complexity index is 1140. The van der Waals surface area contributed by atoms with Crippen molar-refractivity contribution in [3.63, 3.8) is 0 Å². The average molecular weight is 419 g/mol. The lowest BCUT2D eigenvalue weighted by Crippen LogP contribution is -2.31. The number of nitrogens with one attached hydrogen (secondary N) is 2. The largest absolute Gasteiger partial charge is 0.447 e. The molecule has 0 atom stereocenters. The predicted octanol–water partition coefficient (Wildman–Crippen LogP) is 2.98. The molecule has 4 rings (SSSR count). The third kappa shape index (κ3) is 4.75. The Hall–Kier alpha value is -3.65. The molecule has 8 nitrogen and oxygen atoms in total. The van der Waals surface area contributed by atoms with Gasteiger partial charge < -0.3 is 15.0 Å². The summed E-state index contributed by atoms with van der Waals surface area (Å²) in [5.41, 5.74) is 3.93. The molecule has 2 N–H and O–H groups in total. The monoisotopic (exact) mass is 419 g/mol. The van der Waals surface area contributed by atoms with Gasteiger partial charge in [-0.1, -0.05) is 18.2 Å². The molecule has 0 aliphatic carbocycles. The molecule has 160 valence electrons. The highest BCUT2D eigenvalue weighted by molar-refractivity contribution is 5.97. The molecule has 8 heteroatoms. The molecule has 0 unspecified atom stereocenters. The van der Waals surface area contributed by atoms with E-state index in [1.54, 1.807) is 11.0 Å². The maximum Gasteiger partial charge on any atom is 0.414 e. The van der Waals surface area contributed by atoms with Crippen LogP contribution < -0.4 is 10.2 Å². The number of hydrogen-bond acceptors (Lipinski definition) is 5. The lowest BCUT2D eigenvalue weighted by atomic mass is 10.1. The third-order valence-electron chi connectivity index (χ3n) is 5.08. The second-order valence-corrected chi connectivity index (χ2v) is 7.62. The number of anilines is 1. The summed E-state index contributed by atoms with van der Waals surface area (Å²) in [7, 11) is 3.94. The number of fused-ring (bicyclic) bond motifs is 1. The number of carbonyl (C=O) groups is 2. The van der Waals surface area contributed by atoms with Crippen molar-refractivity contribution in [3.8, 4) is 0 Å². The summed E-state index contributed by atoms with van der Waals surface area (Å²) in [4.78, 5) is 27.9. The van der Waals surface area contributed by atoms with Crippen LogP contribution in [0, 0.1) is 0 Å². The molecular weight excluding hydrogens is 394 g/mol. The van der Waals surface area contributed by atoms with Gasteiger partial charge in [-0.05, 0) is 56.1 Å². The van der Waals surface area contributed by atoms with Crippen LogP contribution in [-0.2, 0) is 4.74 Å². The van der Waals surface area contributed by atoms with E-state index < -0.39 is 0 Å². The Labute approximate surface area is 180 Å². The molecule has 3 aromatic rings. The van der Waals surface area contributed by atoms with E-state index in [2.05, 4.69) is 15.5 Å². The fourth-order valence-corrected chi connectivity index (χ4v) is 3.40. The van der Waals surface area contributed by atoms with Crippen molar-refractivity contribution in [2.75, 3.05) is 45.2 Å². The molecule has 1 aliphatic rings. The van der Waals surface area contributed by atoms with Crippen molar-refractivity contribution >= 4 is 40.7 Å². The van der Waals surface area contributed by atoms with Crippen LogP contribution in [0.4, 0.5) is 10.5 Å². The maximum absolute atomic E-state index is 12.4. The number of aromatic amines is 1. The first kappa shape index (κ1) is 20.6. The summed E-state index contributed by atoms with van der Waals surface area (Å²) in [6.45, 7) is 2.32. The van der Waals surface area contributed by atoms with Crippen molar-refractivity contribution in [1.29, 1.82) is 0 Å². The van der Waals surface area contributed by atoms with Crippen molar-refractivity contribution in [2.24, 2.45) is 0 Å². The van der Waals surface area contributed by atoms with Gasteiger partial charge in [0.2, 0.25) is 0 Å². The molecule has 1 saturated heterocycles. The third-order valence-corrected chi connectivity index (χ3v) is 5.08. The number of cyclic esters (lactones) is 1. The van der Waals surface area contributed by atoms with Crippen molar-refractivity contribution in [2.45, 2.75) is 0 Å². The normalized spacial score (nSPS) is 14.0. The van der Waals surface area contributed by atoms with E-state index in [0.29, 0.717) is 25.3 Å². The highest BCUT2D eigenvalue weighted by atomic mass is 16.6. The van der Waals surface area contributed by atoms with E-state index in [9.17, 15) is 9.59 Å². The lowest BCUT2D eigenvalue weighted by Gasteiger charge is -2.12. The smallest absolute Gasteiger partial charge is 0.414 e. The van der Waals surface area contributed by atoms with Crippen LogP contribution in [0.2, 0.25) is 0 Å². The standard InChI is InChI=1S/C23H25N5O3/c1-27(2)11-10-24-22(29)17-5-3-4-16(14-17)6-8-20-19-15-18(7-9-21(19)26-25-20)28-12-13-31-23(28)30/h3-9,14-15H,10-13H2,1-2H3,(H,24,29)(H,25,26). The number of aromatic nitrogens is 2. The molecule has 2 amide bonds. The summed E-state index contributed by atoms with van der Waals surface area (Å²) < 4.78 is 5.03. The van der Waals surface area contributed by atoms with Crippen LogP contribution in [-0.4, -0.2) is 67.4 Å².